The Morgan fingerprint density at radius 3 is 2.60 bits per heavy atom. The van der Waals surface area contributed by atoms with E-state index in [1.54, 1.807) is 0 Å². The topological polar surface area (TPSA) is 27.0 Å². The summed E-state index contributed by atoms with van der Waals surface area (Å²) in [6.45, 7) is 4.00. The molecule has 15 heavy (non-hydrogen) atoms. The van der Waals surface area contributed by atoms with Crippen LogP contribution in [0.25, 0.3) is 0 Å². The van der Waals surface area contributed by atoms with Gasteiger partial charge >= 0.3 is 0 Å². The summed E-state index contributed by atoms with van der Waals surface area (Å²) in [6.07, 6.45) is 2.41. The molecule has 0 amide bonds. The summed E-state index contributed by atoms with van der Waals surface area (Å²) in [7, 11) is 0. The van der Waals surface area contributed by atoms with Crippen LogP contribution in [0.5, 0.6) is 0 Å². The number of hydrogen-bond donors (Lipinski definition) is 0. The predicted octanol–water partition coefficient (Wildman–Crippen LogP) is 3.12. The fourth-order valence-electron chi connectivity index (χ4n) is 1.98. The molecule has 0 radical (unpaired) electrons. The number of anilines is 1. The zero-order valence-corrected chi connectivity index (χ0v) is 9.51. The Balaban J connectivity index is 2.45. The third-order valence-electron chi connectivity index (χ3n) is 2.84. The average molecular weight is 221 g/mol. The summed E-state index contributed by atoms with van der Waals surface area (Å²) >= 11 is 6.09. The van der Waals surface area contributed by atoms with Gasteiger partial charge in [0.25, 0.3) is 0 Å². The maximum Gasteiger partial charge on any atom is 0.101 e. The predicted molar refractivity (Wildman–Crippen MR) is 62.4 cm³/mol. The molecule has 0 spiro atoms. The second-order valence-corrected chi connectivity index (χ2v) is 4.33. The van der Waals surface area contributed by atoms with Crippen LogP contribution in [0.15, 0.2) is 12.1 Å². The van der Waals surface area contributed by atoms with Gasteiger partial charge in [-0.2, -0.15) is 5.26 Å². The Hall–Kier alpha value is -1.20. The minimum absolute atomic E-state index is 0.735. The quantitative estimate of drug-likeness (QED) is 0.727. The second kappa shape index (κ2) is 4.12. The molecule has 1 aromatic rings. The van der Waals surface area contributed by atoms with Crippen molar-refractivity contribution in [3.63, 3.8) is 0 Å². The molecule has 3 heteroatoms. The van der Waals surface area contributed by atoms with Gasteiger partial charge in [0.05, 0.1) is 11.3 Å². The van der Waals surface area contributed by atoms with Crippen molar-refractivity contribution in [1.82, 2.24) is 0 Å². The lowest BCUT2D eigenvalue weighted by Gasteiger charge is -2.19. The van der Waals surface area contributed by atoms with Gasteiger partial charge in [-0.15, -0.1) is 0 Å². The first kappa shape index (κ1) is 10.3. The molecule has 0 aliphatic carbocycles. The van der Waals surface area contributed by atoms with E-state index in [0.29, 0.717) is 0 Å². The molecule has 0 unspecified atom stereocenters. The SMILES string of the molecule is Cc1cc(C#N)c(N2CCCC2)cc1Cl. The van der Waals surface area contributed by atoms with Crippen LogP contribution in [-0.2, 0) is 0 Å². The van der Waals surface area contributed by atoms with Crippen molar-refractivity contribution < 1.29 is 0 Å². The van der Waals surface area contributed by atoms with Crippen LogP contribution in [0.4, 0.5) is 5.69 Å². The van der Waals surface area contributed by atoms with E-state index in [4.69, 9.17) is 16.9 Å². The van der Waals surface area contributed by atoms with Crippen LogP contribution in [-0.4, -0.2) is 13.1 Å². The van der Waals surface area contributed by atoms with E-state index in [9.17, 15) is 0 Å². The molecule has 1 fully saturated rings. The van der Waals surface area contributed by atoms with Gasteiger partial charge in [0.1, 0.15) is 6.07 Å². The lowest BCUT2D eigenvalue weighted by atomic mass is 10.1. The first-order valence-corrected chi connectivity index (χ1v) is 5.55. The number of halogens is 1. The number of nitriles is 1. The lowest BCUT2D eigenvalue weighted by Crippen LogP contribution is -2.18. The Labute approximate surface area is 95.1 Å². The first-order valence-electron chi connectivity index (χ1n) is 5.17. The van der Waals surface area contributed by atoms with Crippen molar-refractivity contribution in [3.05, 3.63) is 28.3 Å². The van der Waals surface area contributed by atoms with E-state index in [1.807, 2.05) is 19.1 Å². The highest BCUT2D eigenvalue weighted by molar-refractivity contribution is 6.31. The molecular formula is C12H13ClN2. The molecule has 1 aliphatic heterocycles. The number of nitrogens with zero attached hydrogens (tertiary/aromatic N) is 2. The molecule has 0 atom stereocenters. The molecule has 0 saturated carbocycles. The number of rotatable bonds is 1. The van der Waals surface area contributed by atoms with Gasteiger partial charge in [0.2, 0.25) is 0 Å². The molecule has 1 heterocycles. The van der Waals surface area contributed by atoms with Crippen molar-refractivity contribution in [2.24, 2.45) is 0 Å². The number of hydrogen-bond acceptors (Lipinski definition) is 2. The number of aryl methyl sites for hydroxylation is 1. The van der Waals surface area contributed by atoms with Crippen molar-refractivity contribution in [2.45, 2.75) is 19.8 Å². The summed E-state index contributed by atoms with van der Waals surface area (Å²) in [6, 6.07) is 6.03. The zero-order valence-electron chi connectivity index (χ0n) is 8.76. The first-order chi connectivity index (χ1) is 7.22. The monoisotopic (exact) mass is 220 g/mol. The van der Waals surface area contributed by atoms with E-state index < -0.39 is 0 Å². The van der Waals surface area contributed by atoms with Gasteiger partial charge in [-0.3, -0.25) is 0 Å². The molecule has 2 nitrogen and oxygen atoms in total. The van der Waals surface area contributed by atoms with E-state index in [-0.39, 0.29) is 0 Å². The summed E-state index contributed by atoms with van der Waals surface area (Å²) in [5.74, 6) is 0. The lowest BCUT2D eigenvalue weighted by molar-refractivity contribution is 0.949. The van der Waals surface area contributed by atoms with Crippen molar-refractivity contribution in [1.29, 1.82) is 5.26 Å². The minimum atomic E-state index is 0.735. The Kier molecular flexibility index (Phi) is 2.83. The van der Waals surface area contributed by atoms with Gasteiger partial charge in [-0.05, 0) is 37.5 Å². The summed E-state index contributed by atoms with van der Waals surface area (Å²) in [5.41, 5.74) is 2.69. The van der Waals surface area contributed by atoms with E-state index >= 15 is 0 Å². The van der Waals surface area contributed by atoms with Crippen molar-refractivity contribution >= 4 is 17.3 Å². The summed E-state index contributed by atoms with van der Waals surface area (Å²) < 4.78 is 0. The molecule has 78 valence electrons. The molecule has 0 aromatic heterocycles. The highest BCUT2D eigenvalue weighted by Crippen LogP contribution is 2.29. The van der Waals surface area contributed by atoms with Crippen LogP contribution >= 0.6 is 11.6 Å². The van der Waals surface area contributed by atoms with Crippen molar-refractivity contribution in [3.8, 4) is 6.07 Å². The van der Waals surface area contributed by atoms with Gasteiger partial charge in [0, 0.05) is 18.1 Å². The fourth-order valence-corrected chi connectivity index (χ4v) is 2.14. The van der Waals surface area contributed by atoms with Gasteiger partial charge < -0.3 is 4.90 Å². The van der Waals surface area contributed by atoms with Gasteiger partial charge in [-0.1, -0.05) is 11.6 Å². The van der Waals surface area contributed by atoms with Crippen LogP contribution < -0.4 is 4.90 Å². The number of benzene rings is 1. The Bertz CT molecular complexity index is 414. The second-order valence-electron chi connectivity index (χ2n) is 3.92. The largest absolute Gasteiger partial charge is 0.370 e. The molecule has 0 bridgehead atoms. The maximum absolute atomic E-state index is 9.07. The van der Waals surface area contributed by atoms with Crippen LogP contribution in [0.1, 0.15) is 24.0 Å². The fraction of sp³-hybridized carbons (Fsp3) is 0.417. The van der Waals surface area contributed by atoms with Crippen LogP contribution in [0, 0.1) is 18.3 Å². The summed E-state index contributed by atoms with van der Waals surface area (Å²) in [5, 5.41) is 9.82. The molecule has 1 aromatic carbocycles. The third-order valence-corrected chi connectivity index (χ3v) is 3.25. The smallest absolute Gasteiger partial charge is 0.101 e. The Morgan fingerprint density at radius 1 is 1.33 bits per heavy atom. The maximum atomic E-state index is 9.07. The van der Waals surface area contributed by atoms with Crippen molar-refractivity contribution in [2.75, 3.05) is 18.0 Å². The normalized spacial score (nSPS) is 15.4. The van der Waals surface area contributed by atoms with Gasteiger partial charge in [-0.25, -0.2) is 0 Å². The average Bonchev–Trinajstić information content (AvgIpc) is 2.74. The van der Waals surface area contributed by atoms with E-state index in [2.05, 4.69) is 11.0 Å². The van der Waals surface area contributed by atoms with Crippen LogP contribution in [0.3, 0.4) is 0 Å². The molecule has 0 N–H and O–H groups in total. The van der Waals surface area contributed by atoms with E-state index in [0.717, 1.165) is 34.9 Å². The standard InChI is InChI=1S/C12H13ClN2/c1-9-6-10(8-14)12(7-11(9)13)15-4-2-3-5-15/h6-7H,2-5H2,1H3. The molecule has 1 aliphatic rings. The molecule has 1 saturated heterocycles. The van der Waals surface area contributed by atoms with Gasteiger partial charge in [0.15, 0.2) is 0 Å². The zero-order chi connectivity index (χ0) is 10.8. The molecular weight excluding hydrogens is 208 g/mol. The Morgan fingerprint density at radius 2 is 2.00 bits per heavy atom. The third kappa shape index (κ3) is 1.93. The van der Waals surface area contributed by atoms with E-state index in [1.165, 1.54) is 12.8 Å². The summed E-state index contributed by atoms with van der Waals surface area (Å²) in [4.78, 5) is 2.24. The minimum Gasteiger partial charge on any atom is -0.370 e. The highest BCUT2D eigenvalue weighted by atomic mass is 35.5. The highest BCUT2D eigenvalue weighted by Gasteiger charge is 2.16. The molecule has 2 rings (SSSR count). The van der Waals surface area contributed by atoms with Crippen LogP contribution in [0.2, 0.25) is 5.02 Å².